The number of amides is 1. The van der Waals surface area contributed by atoms with Crippen LogP contribution in [0.3, 0.4) is 0 Å². The van der Waals surface area contributed by atoms with Crippen molar-refractivity contribution in [2.75, 3.05) is 13.6 Å². The van der Waals surface area contributed by atoms with Gasteiger partial charge in [-0.3, -0.25) is 0 Å². The van der Waals surface area contributed by atoms with Crippen LogP contribution in [-0.2, 0) is 9.53 Å². The van der Waals surface area contributed by atoms with E-state index in [0.717, 1.165) is 25.7 Å². The summed E-state index contributed by atoms with van der Waals surface area (Å²) < 4.78 is 5.22. The van der Waals surface area contributed by atoms with E-state index in [1.165, 1.54) is 6.42 Å². The van der Waals surface area contributed by atoms with Gasteiger partial charge in [-0.25, -0.2) is 14.6 Å². The number of hydrogen-bond donors (Lipinski definition) is 0. The number of isocyanates is 1. The fraction of sp³-hybridized carbons (Fsp3) is 0.846. The fourth-order valence-corrected chi connectivity index (χ4v) is 2.46. The molecular weight excluding hydrogens is 232 g/mol. The van der Waals surface area contributed by atoms with Crippen molar-refractivity contribution in [3.05, 3.63) is 0 Å². The summed E-state index contributed by atoms with van der Waals surface area (Å²) in [6.07, 6.45) is 6.08. The van der Waals surface area contributed by atoms with Gasteiger partial charge in [0.1, 0.15) is 0 Å². The van der Waals surface area contributed by atoms with E-state index < -0.39 is 0 Å². The third kappa shape index (κ3) is 3.57. The lowest BCUT2D eigenvalue weighted by molar-refractivity contribution is 0.0335. The van der Waals surface area contributed by atoms with Crippen LogP contribution in [-0.4, -0.2) is 42.3 Å². The average Bonchev–Trinajstić information content (AvgIpc) is 2.35. The number of rotatable bonds is 4. The smallest absolute Gasteiger partial charge is 0.410 e. The molecule has 0 aromatic rings. The second-order valence-corrected chi connectivity index (χ2v) is 5.18. The van der Waals surface area contributed by atoms with Crippen LogP contribution in [0.5, 0.6) is 0 Å². The van der Waals surface area contributed by atoms with Gasteiger partial charge < -0.3 is 9.64 Å². The Morgan fingerprint density at radius 2 is 2.00 bits per heavy atom. The zero-order valence-electron chi connectivity index (χ0n) is 11.4. The number of ether oxygens (including phenoxy) is 1. The largest absolute Gasteiger partial charge is 0.447 e. The highest BCUT2D eigenvalue weighted by Crippen LogP contribution is 2.33. The van der Waals surface area contributed by atoms with Crippen molar-refractivity contribution < 1.29 is 14.3 Å². The molecule has 0 spiro atoms. The maximum atomic E-state index is 12.0. The molecule has 18 heavy (non-hydrogen) atoms. The van der Waals surface area contributed by atoms with Crippen LogP contribution in [0.4, 0.5) is 4.79 Å². The monoisotopic (exact) mass is 254 g/mol. The molecule has 0 aromatic carbocycles. The van der Waals surface area contributed by atoms with E-state index in [1.54, 1.807) is 18.0 Å². The number of carbonyl (C=O) groups excluding carboxylic acids is 2. The number of likely N-dealkylation sites (N-methyl/N-ethyl adjacent to an activating group) is 1. The van der Waals surface area contributed by atoms with Crippen LogP contribution in [0.25, 0.3) is 0 Å². The van der Waals surface area contributed by atoms with Gasteiger partial charge in [-0.15, -0.1) is 0 Å². The summed E-state index contributed by atoms with van der Waals surface area (Å²) >= 11 is 0. The molecule has 0 aromatic heterocycles. The highest BCUT2D eigenvalue weighted by atomic mass is 16.6. The van der Waals surface area contributed by atoms with Gasteiger partial charge in [-0.1, -0.05) is 19.3 Å². The van der Waals surface area contributed by atoms with E-state index in [-0.39, 0.29) is 17.7 Å². The van der Waals surface area contributed by atoms with Crippen LogP contribution >= 0.6 is 0 Å². The Kier molecular flexibility index (Phi) is 5.35. The molecule has 1 rings (SSSR count). The number of carbonyl (C=O) groups is 1. The summed E-state index contributed by atoms with van der Waals surface area (Å²) in [5.74, 6) is 0. The third-order valence-corrected chi connectivity index (χ3v) is 3.54. The predicted molar refractivity (Wildman–Crippen MR) is 68.2 cm³/mol. The Labute approximate surface area is 108 Å². The van der Waals surface area contributed by atoms with Crippen molar-refractivity contribution in [1.82, 2.24) is 4.90 Å². The molecule has 0 atom stereocenters. The summed E-state index contributed by atoms with van der Waals surface area (Å²) in [6.45, 7) is 3.96. The number of nitrogens with zero attached hydrogens (tertiary/aromatic N) is 2. The van der Waals surface area contributed by atoms with Crippen LogP contribution in [0.15, 0.2) is 4.99 Å². The van der Waals surface area contributed by atoms with Crippen molar-refractivity contribution >= 4 is 12.2 Å². The van der Waals surface area contributed by atoms with Crippen molar-refractivity contribution in [2.45, 2.75) is 57.6 Å². The normalized spacial score (nSPS) is 18.0. The maximum absolute atomic E-state index is 12.0. The molecule has 0 saturated heterocycles. The quantitative estimate of drug-likeness (QED) is 0.572. The van der Waals surface area contributed by atoms with Crippen molar-refractivity contribution in [3.63, 3.8) is 0 Å². The SMILES string of the molecule is CC(C)OC(=O)N(C)C1(CN=C=O)CCCCC1. The minimum absolute atomic E-state index is 0.143. The van der Waals surface area contributed by atoms with Crippen LogP contribution in [0.1, 0.15) is 46.0 Å². The molecule has 1 saturated carbocycles. The van der Waals surface area contributed by atoms with E-state index >= 15 is 0 Å². The van der Waals surface area contributed by atoms with E-state index in [0.29, 0.717) is 6.54 Å². The van der Waals surface area contributed by atoms with E-state index in [2.05, 4.69) is 4.99 Å². The lowest BCUT2D eigenvalue weighted by Crippen LogP contribution is -2.53. The second-order valence-electron chi connectivity index (χ2n) is 5.18. The van der Waals surface area contributed by atoms with Crippen LogP contribution in [0.2, 0.25) is 0 Å². The van der Waals surface area contributed by atoms with E-state index in [4.69, 9.17) is 4.74 Å². The first-order chi connectivity index (χ1) is 8.52. The molecule has 0 aliphatic heterocycles. The standard InChI is InChI=1S/C13H22N2O3/c1-11(2)18-12(17)15(3)13(9-14-10-16)7-5-4-6-8-13/h11H,4-9H2,1-3H3. The van der Waals surface area contributed by atoms with Gasteiger partial charge in [0.25, 0.3) is 0 Å². The lowest BCUT2D eigenvalue weighted by atomic mass is 9.80. The fourth-order valence-electron chi connectivity index (χ4n) is 2.46. The van der Waals surface area contributed by atoms with Crippen LogP contribution < -0.4 is 0 Å². The van der Waals surface area contributed by atoms with Crippen molar-refractivity contribution in [1.29, 1.82) is 0 Å². The van der Waals surface area contributed by atoms with Gasteiger partial charge in [0.15, 0.2) is 0 Å². The molecule has 0 heterocycles. The lowest BCUT2D eigenvalue weighted by Gasteiger charge is -2.42. The number of hydrogen-bond acceptors (Lipinski definition) is 4. The molecule has 0 unspecified atom stereocenters. The van der Waals surface area contributed by atoms with Crippen LogP contribution in [0, 0.1) is 0 Å². The minimum Gasteiger partial charge on any atom is -0.447 e. The summed E-state index contributed by atoms with van der Waals surface area (Å²) in [5, 5.41) is 0. The topological polar surface area (TPSA) is 59.0 Å². The Bertz CT molecular complexity index is 329. The first-order valence-electron chi connectivity index (χ1n) is 6.50. The molecule has 0 bridgehead atoms. The van der Waals surface area contributed by atoms with Gasteiger partial charge in [-0.05, 0) is 26.7 Å². The Balaban J connectivity index is 2.80. The van der Waals surface area contributed by atoms with Gasteiger partial charge in [0.2, 0.25) is 6.08 Å². The number of aliphatic imine (C=N–C) groups is 1. The van der Waals surface area contributed by atoms with Gasteiger partial charge in [-0.2, -0.15) is 0 Å². The molecule has 0 N–H and O–H groups in total. The second kappa shape index (κ2) is 6.55. The maximum Gasteiger partial charge on any atom is 0.410 e. The summed E-state index contributed by atoms with van der Waals surface area (Å²) in [7, 11) is 1.73. The zero-order chi connectivity index (χ0) is 13.6. The Morgan fingerprint density at radius 1 is 1.39 bits per heavy atom. The zero-order valence-corrected chi connectivity index (χ0v) is 11.4. The average molecular weight is 254 g/mol. The molecule has 5 heteroatoms. The van der Waals surface area contributed by atoms with Gasteiger partial charge >= 0.3 is 6.09 Å². The Hall–Kier alpha value is -1.35. The molecule has 1 aliphatic rings. The molecular formula is C13H22N2O3. The molecule has 1 amide bonds. The third-order valence-electron chi connectivity index (χ3n) is 3.54. The molecule has 0 radical (unpaired) electrons. The van der Waals surface area contributed by atoms with Gasteiger partial charge in [0, 0.05) is 7.05 Å². The summed E-state index contributed by atoms with van der Waals surface area (Å²) in [4.78, 5) is 27.6. The molecule has 102 valence electrons. The summed E-state index contributed by atoms with van der Waals surface area (Å²) in [5.41, 5.74) is -0.373. The predicted octanol–water partition coefficient (Wildman–Crippen LogP) is 2.50. The first kappa shape index (κ1) is 14.7. The molecule has 5 nitrogen and oxygen atoms in total. The Morgan fingerprint density at radius 3 is 2.50 bits per heavy atom. The minimum atomic E-state index is -0.373. The summed E-state index contributed by atoms with van der Waals surface area (Å²) in [6, 6.07) is 0. The van der Waals surface area contributed by atoms with E-state index in [1.807, 2.05) is 13.8 Å². The highest BCUT2D eigenvalue weighted by molar-refractivity contribution is 5.68. The first-order valence-corrected chi connectivity index (χ1v) is 6.50. The van der Waals surface area contributed by atoms with Crippen molar-refractivity contribution in [3.8, 4) is 0 Å². The van der Waals surface area contributed by atoms with Gasteiger partial charge in [0.05, 0.1) is 18.2 Å². The molecule has 1 fully saturated rings. The molecule has 1 aliphatic carbocycles. The van der Waals surface area contributed by atoms with Crippen molar-refractivity contribution in [2.24, 2.45) is 4.99 Å². The highest BCUT2D eigenvalue weighted by Gasteiger charge is 2.39. The van der Waals surface area contributed by atoms with E-state index in [9.17, 15) is 9.59 Å².